The molecular formula is C33H46N6O5. The predicted molar refractivity (Wildman–Crippen MR) is 165 cm³/mol. The van der Waals surface area contributed by atoms with Crippen LogP contribution in [0.2, 0.25) is 0 Å². The minimum Gasteiger partial charge on any atom is -0.475 e. The monoisotopic (exact) mass is 606 g/mol. The maximum Gasteiger partial charge on any atom is 0.270 e. The Morgan fingerprint density at radius 3 is 2.57 bits per heavy atom. The van der Waals surface area contributed by atoms with E-state index in [9.17, 15) is 14.4 Å². The van der Waals surface area contributed by atoms with Gasteiger partial charge in [0.1, 0.15) is 12.3 Å². The molecule has 44 heavy (non-hydrogen) atoms. The highest BCUT2D eigenvalue weighted by Crippen LogP contribution is 2.27. The van der Waals surface area contributed by atoms with Crippen LogP contribution in [-0.4, -0.2) is 107 Å². The molecule has 0 saturated carbocycles. The van der Waals surface area contributed by atoms with E-state index in [1.807, 2.05) is 28.0 Å². The smallest absolute Gasteiger partial charge is 0.270 e. The van der Waals surface area contributed by atoms with Gasteiger partial charge in [-0.05, 0) is 48.8 Å². The largest absolute Gasteiger partial charge is 0.475 e. The molecule has 1 N–H and O–H groups in total. The summed E-state index contributed by atoms with van der Waals surface area (Å²) in [5, 5.41) is 3.11. The molecule has 2 saturated heterocycles. The van der Waals surface area contributed by atoms with Crippen LogP contribution >= 0.6 is 0 Å². The van der Waals surface area contributed by atoms with Crippen LogP contribution in [0.4, 0.5) is 0 Å². The number of nitrogens with one attached hydrogen (secondary N) is 1. The lowest BCUT2D eigenvalue weighted by Crippen LogP contribution is -2.49. The number of pyridine rings is 2. The van der Waals surface area contributed by atoms with Crippen LogP contribution in [-0.2, 0) is 20.9 Å². The lowest BCUT2D eigenvalue weighted by molar-refractivity contribution is -0.139. The zero-order valence-corrected chi connectivity index (χ0v) is 26.2. The summed E-state index contributed by atoms with van der Waals surface area (Å²) in [7, 11) is 0. The molecule has 11 nitrogen and oxygen atoms in total. The number of rotatable bonds is 3. The molecular weight excluding hydrogens is 560 g/mol. The van der Waals surface area contributed by atoms with Crippen LogP contribution in [0.15, 0.2) is 42.6 Å². The van der Waals surface area contributed by atoms with Gasteiger partial charge in [-0.25, -0.2) is 4.98 Å². The Balaban J connectivity index is 1.34. The fourth-order valence-corrected chi connectivity index (χ4v) is 6.24. The van der Waals surface area contributed by atoms with Crippen molar-refractivity contribution in [3.63, 3.8) is 0 Å². The molecule has 0 spiro atoms. The van der Waals surface area contributed by atoms with E-state index in [1.54, 1.807) is 24.4 Å². The summed E-state index contributed by atoms with van der Waals surface area (Å²) in [5.41, 5.74) is 1.03. The molecule has 0 aromatic carbocycles. The van der Waals surface area contributed by atoms with Gasteiger partial charge in [0.15, 0.2) is 0 Å². The average Bonchev–Trinajstić information content (AvgIpc) is 3.39. The Morgan fingerprint density at radius 2 is 1.82 bits per heavy atom. The topological polar surface area (TPSA) is 117 Å². The maximum atomic E-state index is 14.0. The molecule has 0 radical (unpaired) electrons. The summed E-state index contributed by atoms with van der Waals surface area (Å²) in [6, 6.07) is 10.3. The van der Waals surface area contributed by atoms with Gasteiger partial charge in [-0.1, -0.05) is 32.9 Å². The third-order valence-electron chi connectivity index (χ3n) is 8.49. The van der Waals surface area contributed by atoms with Gasteiger partial charge in [0.05, 0.1) is 24.9 Å². The number of piperidine rings is 1. The van der Waals surface area contributed by atoms with Gasteiger partial charge in [-0.2, -0.15) is 0 Å². The molecule has 6 bridgehead atoms. The molecule has 6 heterocycles. The van der Waals surface area contributed by atoms with E-state index in [0.29, 0.717) is 77.1 Å². The van der Waals surface area contributed by atoms with Crippen LogP contribution in [0.1, 0.15) is 62.6 Å². The first kappa shape index (κ1) is 31.8. The summed E-state index contributed by atoms with van der Waals surface area (Å²) in [6.07, 6.45) is 4.42. The molecule has 6 rings (SSSR count). The SMILES string of the molecule is CC(C)(C)CC(=O)N1CCOCCOc2cccc(n2)C(=O)N[C@H]2C[C@@H](C(=O)N3CCC(CC3)C1)N(Cc1ccccn1)C2. The summed E-state index contributed by atoms with van der Waals surface area (Å²) >= 11 is 0. The third-order valence-corrected chi connectivity index (χ3v) is 8.49. The van der Waals surface area contributed by atoms with Crippen LogP contribution in [0.25, 0.3) is 0 Å². The van der Waals surface area contributed by atoms with Gasteiger partial charge < -0.3 is 24.6 Å². The summed E-state index contributed by atoms with van der Waals surface area (Å²) in [6.45, 7) is 10.8. The van der Waals surface area contributed by atoms with Crippen molar-refractivity contribution in [3.8, 4) is 5.88 Å². The molecule has 0 aliphatic carbocycles. The molecule has 2 aromatic rings. The fraction of sp³-hybridized carbons (Fsp3) is 0.606. The van der Waals surface area contributed by atoms with Crippen molar-refractivity contribution in [2.75, 3.05) is 52.5 Å². The van der Waals surface area contributed by atoms with E-state index in [1.165, 1.54) is 0 Å². The van der Waals surface area contributed by atoms with Crippen molar-refractivity contribution in [2.24, 2.45) is 11.3 Å². The molecule has 2 aromatic heterocycles. The van der Waals surface area contributed by atoms with Crippen LogP contribution in [0, 0.1) is 11.3 Å². The standard InChI is InChI=1S/C33H46N6O5/c1-33(2,3)20-30(40)38-15-16-43-17-18-44-29-9-6-8-27(36-29)31(41)35-26-19-28(32(42)37-13-10-24(21-38)11-14-37)39(23-26)22-25-7-4-5-12-34-25/h4-9,12,24,26,28H,10-11,13-23H2,1-3H3,(H,35,41)/t26-,28-/m0/s1. The van der Waals surface area contributed by atoms with E-state index in [-0.39, 0.29) is 47.5 Å². The van der Waals surface area contributed by atoms with Gasteiger partial charge in [-0.15, -0.1) is 0 Å². The van der Waals surface area contributed by atoms with E-state index in [0.717, 1.165) is 18.5 Å². The molecule has 4 aliphatic rings. The second-order valence-electron chi connectivity index (χ2n) is 13.3. The van der Waals surface area contributed by atoms with Crippen molar-refractivity contribution in [2.45, 2.75) is 65.1 Å². The number of carbonyl (C=O) groups excluding carboxylic acids is 3. The first-order chi connectivity index (χ1) is 21.1. The number of hydrogen-bond donors (Lipinski definition) is 1. The van der Waals surface area contributed by atoms with Crippen molar-refractivity contribution in [3.05, 3.63) is 54.0 Å². The van der Waals surface area contributed by atoms with Crippen molar-refractivity contribution in [1.82, 2.24) is 30.0 Å². The van der Waals surface area contributed by atoms with Gasteiger partial charge >= 0.3 is 0 Å². The van der Waals surface area contributed by atoms with Crippen molar-refractivity contribution >= 4 is 17.7 Å². The molecule has 2 fully saturated rings. The number of amides is 3. The number of ether oxygens (including phenoxy) is 2. The van der Waals surface area contributed by atoms with E-state index in [2.05, 4.69) is 41.0 Å². The van der Waals surface area contributed by atoms with E-state index < -0.39 is 0 Å². The Hall–Kier alpha value is -3.57. The van der Waals surface area contributed by atoms with Gasteiger partial charge in [-0.3, -0.25) is 24.3 Å². The molecule has 11 heteroatoms. The number of nitrogens with zero attached hydrogens (tertiary/aromatic N) is 5. The minimum absolute atomic E-state index is 0.0876. The Kier molecular flexibility index (Phi) is 10.5. The van der Waals surface area contributed by atoms with Crippen molar-refractivity contribution < 1.29 is 23.9 Å². The molecule has 3 amide bonds. The summed E-state index contributed by atoms with van der Waals surface area (Å²) < 4.78 is 11.6. The van der Waals surface area contributed by atoms with Crippen LogP contribution in [0.5, 0.6) is 5.88 Å². The third kappa shape index (κ3) is 8.75. The van der Waals surface area contributed by atoms with Crippen LogP contribution < -0.4 is 10.1 Å². The Bertz CT molecular complexity index is 1280. The number of carbonyl (C=O) groups is 3. The van der Waals surface area contributed by atoms with Gasteiger partial charge in [0.25, 0.3) is 5.91 Å². The van der Waals surface area contributed by atoms with Gasteiger partial charge in [0, 0.05) is 64.0 Å². The first-order valence-corrected chi connectivity index (χ1v) is 15.8. The second-order valence-corrected chi connectivity index (χ2v) is 13.3. The number of aromatic nitrogens is 2. The zero-order valence-electron chi connectivity index (χ0n) is 26.2. The predicted octanol–water partition coefficient (Wildman–Crippen LogP) is 2.76. The first-order valence-electron chi connectivity index (χ1n) is 15.8. The molecule has 4 aliphatic heterocycles. The number of fused-ring (bicyclic) bond motifs is 10. The normalized spacial score (nSPS) is 24.4. The lowest BCUT2D eigenvalue weighted by atomic mass is 9.90. The Morgan fingerprint density at radius 1 is 1.00 bits per heavy atom. The average molecular weight is 607 g/mol. The highest BCUT2D eigenvalue weighted by molar-refractivity contribution is 5.92. The lowest BCUT2D eigenvalue weighted by Gasteiger charge is -2.37. The quantitative estimate of drug-likeness (QED) is 0.531. The van der Waals surface area contributed by atoms with Gasteiger partial charge in [0.2, 0.25) is 17.7 Å². The van der Waals surface area contributed by atoms with E-state index >= 15 is 0 Å². The molecule has 0 unspecified atom stereocenters. The minimum atomic E-state index is -0.363. The van der Waals surface area contributed by atoms with Crippen molar-refractivity contribution in [1.29, 1.82) is 0 Å². The number of hydrogen-bond acceptors (Lipinski definition) is 8. The van der Waals surface area contributed by atoms with E-state index in [4.69, 9.17) is 9.47 Å². The summed E-state index contributed by atoms with van der Waals surface area (Å²) in [5.74, 6) is 0.585. The highest BCUT2D eigenvalue weighted by Gasteiger charge is 2.40. The number of likely N-dealkylation sites (tertiary alicyclic amines) is 1. The fourth-order valence-electron chi connectivity index (χ4n) is 6.24. The Labute approximate surface area is 260 Å². The second kappa shape index (κ2) is 14.5. The summed E-state index contributed by atoms with van der Waals surface area (Å²) in [4.78, 5) is 55.4. The highest BCUT2D eigenvalue weighted by atomic mass is 16.5. The maximum absolute atomic E-state index is 14.0. The zero-order chi connectivity index (χ0) is 31.1. The van der Waals surface area contributed by atoms with Crippen LogP contribution in [0.3, 0.4) is 0 Å². The molecule has 238 valence electrons. The molecule has 2 atom stereocenters.